The van der Waals surface area contributed by atoms with Crippen LogP contribution in [0.4, 0.5) is 0 Å². The summed E-state index contributed by atoms with van der Waals surface area (Å²) in [7, 11) is 0. The van der Waals surface area contributed by atoms with Gasteiger partial charge in [0.2, 0.25) is 0 Å². The first-order valence-electron chi connectivity index (χ1n) is 3.62. The zero-order valence-electron chi connectivity index (χ0n) is 6.15. The van der Waals surface area contributed by atoms with E-state index in [0.29, 0.717) is 11.7 Å². The van der Waals surface area contributed by atoms with Gasteiger partial charge in [0.1, 0.15) is 0 Å². The SMILES string of the molecule is CC(C)C(O)=C1CCC1. The van der Waals surface area contributed by atoms with Gasteiger partial charge in [-0.15, -0.1) is 0 Å². The number of hydrogen-bond donors (Lipinski definition) is 1. The Kier molecular flexibility index (Phi) is 1.79. The monoisotopic (exact) mass is 126 g/mol. The normalized spacial score (nSPS) is 17.9. The summed E-state index contributed by atoms with van der Waals surface area (Å²) in [6.45, 7) is 4.06. The Bertz CT molecular complexity index is 128. The average molecular weight is 126 g/mol. The zero-order chi connectivity index (χ0) is 6.85. The highest BCUT2D eigenvalue weighted by atomic mass is 16.3. The van der Waals surface area contributed by atoms with Gasteiger partial charge in [0.25, 0.3) is 0 Å². The van der Waals surface area contributed by atoms with Crippen LogP contribution in [0, 0.1) is 5.92 Å². The summed E-state index contributed by atoms with van der Waals surface area (Å²) in [5, 5.41) is 9.33. The maximum Gasteiger partial charge on any atom is 0.0939 e. The van der Waals surface area contributed by atoms with E-state index < -0.39 is 0 Å². The van der Waals surface area contributed by atoms with Gasteiger partial charge < -0.3 is 5.11 Å². The minimum absolute atomic E-state index is 0.334. The minimum Gasteiger partial charge on any atom is -0.512 e. The van der Waals surface area contributed by atoms with E-state index in [0.717, 1.165) is 12.8 Å². The maximum absolute atomic E-state index is 9.33. The molecular weight excluding hydrogens is 112 g/mol. The van der Waals surface area contributed by atoms with E-state index >= 15 is 0 Å². The first kappa shape index (κ1) is 6.66. The van der Waals surface area contributed by atoms with Gasteiger partial charge in [-0.3, -0.25) is 0 Å². The van der Waals surface area contributed by atoms with Crippen molar-refractivity contribution in [3.8, 4) is 0 Å². The lowest BCUT2D eigenvalue weighted by atomic mass is 9.88. The van der Waals surface area contributed by atoms with E-state index in [-0.39, 0.29) is 0 Å². The van der Waals surface area contributed by atoms with Crippen LogP contribution < -0.4 is 0 Å². The summed E-state index contributed by atoms with van der Waals surface area (Å²) in [5.74, 6) is 0.974. The van der Waals surface area contributed by atoms with E-state index in [1.54, 1.807) is 0 Å². The molecule has 0 aromatic heterocycles. The summed E-state index contributed by atoms with van der Waals surface area (Å²) in [6.07, 6.45) is 3.53. The van der Waals surface area contributed by atoms with Crippen LogP contribution in [0.15, 0.2) is 11.3 Å². The largest absolute Gasteiger partial charge is 0.512 e. The molecule has 1 N–H and O–H groups in total. The van der Waals surface area contributed by atoms with Gasteiger partial charge >= 0.3 is 0 Å². The van der Waals surface area contributed by atoms with Gasteiger partial charge in [-0.2, -0.15) is 0 Å². The van der Waals surface area contributed by atoms with E-state index in [9.17, 15) is 5.11 Å². The fourth-order valence-corrected chi connectivity index (χ4v) is 1.02. The Morgan fingerprint density at radius 3 is 2.11 bits per heavy atom. The van der Waals surface area contributed by atoms with Crippen LogP contribution in [0.25, 0.3) is 0 Å². The molecule has 0 radical (unpaired) electrons. The lowest BCUT2D eigenvalue weighted by Gasteiger charge is -2.20. The second-order valence-electron chi connectivity index (χ2n) is 3.00. The lowest BCUT2D eigenvalue weighted by molar-refractivity contribution is 0.330. The zero-order valence-corrected chi connectivity index (χ0v) is 6.15. The van der Waals surface area contributed by atoms with Crippen LogP contribution >= 0.6 is 0 Å². The number of aliphatic hydroxyl groups is 1. The van der Waals surface area contributed by atoms with Crippen LogP contribution in [0.5, 0.6) is 0 Å². The third-order valence-electron chi connectivity index (χ3n) is 1.87. The molecule has 0 aromatic carbocycles. The molecule has 0 saturated heterocycles. The van der Waals surface area contributed by atoms with Gasteiger partial charge in [0, 0.05) is 5.92 Å². The highest BCUT2D eigenvalue weighted by Crippen LogP contribution is 2.30. The third-order valence-corrected chi connectivity index (χ3v) is 1.87. The van der Waals surface area contributed by atoms with Crippen molar-refractivity contribution in [1.29, 1.82) is 0 Å². The number of aliphatic hydroxyl groups excluding tert-OH is 1. The van der Waals surface area contributed by atoms with Crippen molar-refractivity contribution >= 4 is 0 Å². The summed E-state index contributed by atoms with van der Waals surface area (Å²) in [4.78, 5) is 0. The fourth-order valence-electron chi connectivity index (χ4n) is 1.02. The van der Waals surface area contributed by atoms with Crippen LogP contribution in [-0.4, -0.2) is 5.11 Å². The minimum atomic E-state index is 0.334. The van der Waals surface area contributed by atoms with Gasteiger partial charge in [0.15, 0.2) is 0 Å². The van der Waals surface area contributed by atoms with Gasteiger partial charge in [-0.1, -0.05) is 13.8 Å². The van der Waals surface area contributed by atoms with E-state index in [1.807, 2.05) is 13.8 Å². The highest BCUT2D eigenvalue weighted by molar-refractivity contribution is 5.15. The third kappa shape index (κ3) is 1.26. The molecule has 0 aromatic rings. The molecule has 1 fully saturated rings. The smallest absolute Gasteiger partial charge is 0.0939 e. The molecule has 0 unspecified atom stereocenters. The lowest BCUT2D eigenvalue weighted by Crippen LogP contribution is -2.05. The van der Waals surface area contributed by atoms with Crippen molar-refractivity contribution in [2.24, 2.45) is 5.92 Å². The average Bonchev–Trinajstić information content (AvgIpc) is 1.60. The Morgan fingerprint density at radius 2 is 2.00 bits per heavy atom. The Hall–Kier alpha value is -0.460. The second kappa shape index (κ2) is 2.42. The van der Waals surface area contributed by atoms with Gasteiger partial charge in [-0.25, -0.2) is 0 Å². The number of hydrogen-bond acceptors (Lipinski definition) is 1. The Morgan fingerprint density at radius 1 is 1.44 bits per heavy atom. The first-order chi connectivity index (χ1) is 4.22. The molecule has 9 heavy (non-hydrogen) atoms. The van der Waals surface area contributed by atoms with Crippen molar-refractivity contribution < 1.29 is 5.11 Å². The Balaban J connectivity index is 2.56. The molecule has 1 aliphatic rings. The standard InChI is InChI=1S/C8H14O/c1-6(2)8(9)7-4-3-5-7/h6,9H,3-5H2,1-2H3. The number of rotatable bonds is 1. The van der Waals surface area contributed by atoms with Crippen LogP contribution in [0.2, 0.25) is 0 Å². The van der Waals surface area contributed by atoms with Crippen LogP contribution in [0.1, 0.15) is 33.1 Å². The molecule has 1 nitrogen and oxygen atoms in total. The molecule has 0 heterocycles. The molecule has 1 saturated carbocycles. The molecule has 0 amide bonds. The van der Waals surface area contributed by atoms with Gasteiger partial charge in [0.05, 0.1) is 5.76 Å². The van der Waals surface area contributed by atoms with E-state index in [1.165, 1.54) is 12.0 Å². The van der Waals surface area contributed by atoms with Crippen LogP contribution in [0.3, 0.4) is 0 Å². The predicted octanol–water partition coefficient (Wildman–Crippen LogP) is 2.64. The molecule has 0 bridgehead atoms. The second-order valence-corrected chi connectivity index (χ2v) is 3.00. The predicted molar refractivity (Wildman–Crippen MR) is 38.3 cm³/mol. The van der Waals surface area contributed by atoms with Crippen molar-refractivity contribution in [2.45, 2.75) is 33.1 Å². The van der Waals surface area contributed by atoms with E-state index in [4.69, 9.17) is 0 Å². The summed E-state index contributed by atoms with van der Waals surface area (Å²) in [6, 6.07) is 0. The molecule has 1 heteroatoms. The topological polar surface area (TPSA) is 20.2 Å². The van der Waals surface area contributed by atoms with Crippen molar-refractivity contribution in [1.82, 2.24) is 0 Å². The van der Waals surface area contributed by atoms with Crippen molar-refractivity contribution in [3.05, 3.63) is 11.3 Å². The van der Waals surface area contributed by atoms with Crippen molar-refractivity contribution in [3.63, 3.8) is 0 Å². The molecule has 0 spiro atoms. The molecule has 0 atom stereocenters. The Labute approximate surface area is 56.4 Å². The van der Waals surface area contributed by atoms with E-state index in [2.05, 4.69) is 0 Å². The maximum atomic E-state index is 9.33. The fraction of sp³-hybridized carbons (Fsp3) is 0.750. The summed E-state index contributed by atoms with van der Waals surface area (Å²) in [5.41, 5.74) is 1.28. The molecular formula is C8H14O. The molecule has 0 aliphatic heterocycles. The highest BCUT2D eigenvalue weighted by Gasteiger charge is 2.15. The van der Waals surface area contributed by atoms with Gasteiger partial charge in [-0.05, 0) is 24.8 Å². The summed E-state index contributed by atoms with van der Waals surface area (Å²) >= 11 is 0. The first-order valence-corrected chi connectivity index (χ1v) is 3.62. The summed E-state index contributed by atoms with van der Waals surface area (Å²) < 4.78 is 0. The quantitative estimate of drug-likeness (QED) is 0.535. The molecule has 52 valence electrons. The van der Waals surface area contributed by atoms with Crippen LogP contribution in [-0.2, 0) is 0 Å². The number of allylic oxidation sites excluding steroid dienone is 2. The molecule has 1 rings (SSSR count). The molecule has 1 aliphatic carbocycles. The van der Waals surface area contributed by atoms with Crippen molar-refractivity contribution in [2.75, 3.05) is 0 Å².